The van der Waals surface area contributed by atoms with Crippen molar-refractivity contribution in [3.8, 4) is 11.5 Å². The van der Waals surface area contributed by atoms with Crippen LogP contribution in [0.1, 0.15) is 101 Å². The van der Waals surface area contributed by atoms with Crippen molar-refractivity contribution in [2.24, 2.45) is 5.41 Å². The summed E-state index contributed by atoms with van der Waals surface area (Å²) >= 11 is 0. The molecule has 3 atom stereocenters. The average molecular weight is 806 g/mol. The van der Waals surface area contributed by atoms with Gasteiger partial charge in [0.25, 0.3) is 5.91 Å². The fourth-order valence-electron chi connectivity index (χ4n) is 11.9. The van der Waals surface area contributed by atoms with E-state index in [1.807, 2.05) is 29.2 Å². The molecule has 60 heavy (non-hydrogen) atoms. The molecule has 1 unspecified atom stereocenters. The number of piperidine rings is 2. The van der Waals surface area contributed by atoms with Crippen LogP contribution < -0.4 is 15.4 Å². The van der Waals surface area contributed by atoms with Gasteiger partial charge in [0.2, 0.25) is 17.7 Å². The lowest BCUT2D eigenvalue weighted by Crippen LogP contribution is -2.67. The molecule has 4 aromatic carbocycles. The van der Waals surface area contributed by atoms with Crippen LogP contribution in [0.15, 0.2) is 84.9 Å². The topological polar surface area (TPSA) is 132 Å². The number of carbonyl (C=O) groups is 4. The Morgan fingerprint density at radius 1 is 0.883 bits per heavy atom. The van der Waals surface area contributed by atoms with Gasteiger partial charge in [-0.3, -0.25) is 29.4 Å². The van der Waals surface area contributed by atoms with Crippen LogP contribution in [0.3, 0.4) is 0 Å². The number of phenolic OH excluding ortho intramolecular Hbond substituents is 1. The number of benzene rings is 4. The van der Waals surface area contributed by atoms with Gasteiger partial charge in [-0.15, -0.1) is 0 Å². The van der Waals surface area contributed by atoms with E-state index in [0.29, 0.717) is 49.4 Å². The number of aryl methyl sites for hydroxylation is 1. The summed E-state index contributed by atoms with van der Waals surface area (Å²) in [6.07, 6.45) is 6.45. The van der Waals surface area contributed by atoms with Crippen LogP contribution in [0.5, 0.6) is 11.5 Å². The molecule has 0 radical (unpaired) electrons. The standard InChI is InChI=1S/C49H51N5O6/c55-35-11-13-37-32(22-35)8-12-36(30-4-2-1-3-5-30)44(37)31-6-9-33(10-7-31)50-34-23-48(24-34)27-53(28-48)43(57)26-52-20-18-49(19-21-52)29-60-45-39-25-54(41-16-17-42(56)51-46(41)58)47(59)38(39)14-15-40(45)49/h1-7,9-11,13-15,22,34,36,41,44,50,55H,8,12,16-21,23-29H2,(H,51,56,58)/t36-,41?,44+/m1/s1. The van der Waals surface area contributed by atoms with Crippen LogP contribution in [0.2, 0.25) is 0 Å². The predicted molar refractivity (Wildman–Crippen MR) is 225 cm³/mol. The summed E-state index contributed by atoms with van der Waals surface area (Å²) in [5.74, 6) is 1.04. The summed E-state index contributed by atoms with van der Waals surface area (Å²) in [6.45, 7) is 4.57. The molecule has 2 aliphatic carbocycles. The van der Waals surface area contributed by atoms with Crippen molar-refractivity contribution in [1.82, 2.24) is 20.0 Å². The second-order valence-electron chi connectivity index (χ2n) is 18.8. The smallest absolute Gasteiger partial charge is 0.255 e. The Bertz CT molecular complexity index is 2390. The number of carbonyl (C=O) groups excluding carboxylic acids is 4. The van der Waals surface area contributed by atoms with Crippen LogP contribution in [-0.4, -0.2) is 94.8 Å². The first-order valence-corrected chi connectivity index (χ1v) is 21.8. The Balaban J connectivity index is 0.665. The Morgan fingerprint density at radius 2 is 1.67 bits per heavy atom. The van der Waals surface area contributed by atoms with Gasteiger partial charge in [-0.2, -0.15) is 0 Å². The first-order chi connectivity index (χ1) is 29.1. The molecule has 5 aliphatic heterocycles. The van der Waals surface area contributed by atoms with Crippen molar-refractivity contribution >= 4 is 29.3 Å². The van der Waals surface area contributed by atoms with Gasteiger partial charge in [0.1, 0.15) is 17.5 Å². The average Bonchev–Trinajstić information content (AvgIpc) is 3.76. The van der Waals surface area contributed by atoms with Gasteiger partial charge in [0, 0.05) is 64.7 Å². The summed E-state index contributed by atoms with van der Waals surface area (Å²) in [7, 11) is 0. The number of likely N-dealkylation sites (tertiary alicyclic amines) is 2. The van der Waals surface area contributed by atoms with E-state index in [-0.39, 0.29) is 40.9 Å². The van der Waals surface area contributed by atoms with E-state index < -0.39 is 11.9 Å². The van der Waals surface area contributed by atoms with Crippen molar-refractivity contribution in [2.45, 2.75) is 87.2 Å². The minimum Gasteiger partial charge on any atom is -0.508 e. The van der Waals surface area contributed by atoms with Crippen LogP contribution >= 0.6 is 0 Å². The Kier molecular flexibility index (Phi) is 8.85. The number of aromatic hydroxyl groups is 1. The van der Waals surface area contributed by atoms with Crippen LogP contribution in [0.4, 0.5) is 5.69 Å². The van der Waals surface area contributed by atoms with E-state index in [1.54, 1.807) is 4.90 Å². The highest BCUT2D eigenvalue weighted by Gasteiger charge is 2.54. The summed E-state index contributed by atoms with van der Waals surface area (Å²) in [5.41, 5.74) is 8.96. The molecule has 1 saturated carbocycles. The number of ether oxygens (including phenoxy) is 1. The SMILES string of the molecule is O=C1CCC(N2Cc3c(ccc4c3OCC43CCN(CC(=O)N4CC5(CC(Nc6ccc([C@@H]7c8ccc(O)cc8CC[C@@H]7c7ccccc7)cc6)C5)C4)CC3)C2=O)C(=O)N1. The summed E-state index contributed by atoms with van der Waals surface area (Å²) in [6, 6.07) is 29.4. The van der Waals surface area contributed by atoms with E-state index in [0.717, 1.165) is 87.3 Å². The molecule has 0 aromatic heterocycles. The van der Waals surface area contributed by atoms with Crippen molar-refractivity contribution in [2.75, 3.05) is 44.6 Å². The maximum Gasteiger partial charge on any atom is 0.255 e. The number of hydrogen-bond donors (Lipinski definition) is 3. The number of anilines is 1. The van der Waals surface area contributed by atoms with E-state index in [4.69, 9.17) is 4.74 Å². The van der Waals surface area contributed by atoms with Crippen LogP contribution in [-0.2, 0) is 32.8 Å². The van der Waals surface area contributed by atoms with Gasteiger partial charge < -0.3 is 25.0 Å². The number of hydrogen-bond acceptors (Lipinski definition) is 8. The zero-order valence-corrected chi connectivity index (χ0v) is 33.8. The molecule has 2 spiro atoms. The second-order valence-corrected chi connectivity index (χ2v) is 18.8. The van der Waals surface area contributed by atoms with E-state index in [1.165, 1.54) is 22.3 Å². The molecule has 4 amide bonds. The number of fused-ring (bicyclic) bond motifs is 5. The van der Waals surface area contributed by atoms with Gasteiger partial charge in [0.05, 0.1) is 19.7 Å². The fourth-order valence-corrected chi connectivity index (χ4v) is 11.9. The highest BCUT2D eigenvalue weighted by Crippen LogP contribution is 2.52. The third kappa shape index (κ3) is 6.26. The number of phenols is 1. The van der Waals surface area contributed by atoms with E-state index in [9.17, 15) is 24.3 Å². The molecule has 4 fully saturated rings. The van der Waals surface area contributed by atoms with Gasteiger partial charge >= 0.3 is 0 Å². The molecule has 7 aliphatic rings. The minimum atomic E-state index is -0.652. The highest BCUT2D eigenvalue weighted by atomic mass is 16.5. The first kappa shape index (κ1) is 37.3. The second kappa shape index (κ2) is 14.2. The molecule has 3 N–H and O–H groups in total. The lowest BCUT2D eigenvalue weighted by Gasteiger charge is -2.59. The maximum absolute atomic E-state index is 13.5. The number of nitrogens with zero attached hydrogens (tertiary/aromatic N) is 3. The molecule has 3 saturated heterocycles. The largest absolute Gasteiger partial charge is 0.508 e. The van der Waals surface area contributed by atoms with Crippen molar-refractivity contribution in [3.63, 3.8) is 0 Å². The molecule has 4 aromatic rings. The molecule has 5 heterocycles. The molecule has 308 valence electrons. The third-order valence-electron chi connectivity index (χ3n) is 15.1. The quantitative estimate of drug-likeness (QED) is 0.199. The molecule has 11 rings (SSSR count). The predicted octanol–water partition coefficient (Wildman–Crippen LogP) is 5.84. The van der Waals surface area contributed by atoms with Crippen molar-refractivity contribution in [1.29, 1.82) is 0 Å². The Labute approximate surface area is 350 Å². The maximum atomic E-state index is 13.5. The molecular weight excluding hydrogens is 755 g/mol. The van der Waals surface area contributed by atoms with Crippen LogP contribution in [0, 0.1) is 5.41 Å². The minimum absolute atomic E-state index is 0.152. The van der Waals surface area contributed by atoms with Crippen LogP contribution in [0.25, 0.3) is 0 Å². The molecule has 11 nitrogen and oxygen atoms in total. The van der Waals surface area contributed by atoms with Crippen molar-refractivity contribution < 1.29 is 29.0 Å². The van der Waals surface area contributed by atoms with Gasteiger partial charge in [-0.05, 0) is 117 Å². The van der Waals surface area contributed by atoms with Gasteiger partial charge in [0.15, 0.2) is 0 Å². The molecule has 0 bridgehead atoms. The fraction of sp³-hybridized carbons (Fsp3) is 0.429. The number of imide groups is 1. The lowest BCUT2D eigenvalue weighted by atomic mass is 9.60. The van der Waals surface area contributed by atoms with Gasteiger partial charge in [-0.25, -0.2) is 0 Å². The number of amides is 4. The summed E-state index contributed by atoms with van der Waals surface area (Å²) in [4.78, 5) is 57.1. The first-order valence-electron chi connectivity index (χ1n) is 21.8. The Hall–Kier alpha value is -5.68. The normalized spacial score (nSPS) is 25.2. The Morgan fingerprint density at radius 3 is 2.43 bits per heavy atom. The summed E-state index contributed by atoms with van der Waals surface area (Å²) < 4.78 is 6.36. The van der Waals surface area contributed by atoms with Gasteiger partial charge in [-0.1, -0.05) is 54.6 Å². The third-order valence-corrected chi connectivity index (χ3v) is 15.1. The lowest BCUT2D eigenvalue weighted by molar-refractivity contribution is -0.152. The number of rotatable bonds is 7. The zero-order chi connectivity index (χ0) is 40.8. The highest BCUT2D eigenvalue weighted by molar-refractivity contribution is 6.05. The monoisotopic (exact) mass is 805 g/mol. The number of nitrogens with one attached hydrogen (secondary N) is 2. The zero-order valence-electron chi connectivity index (χ0n) is 33.8. The van der Waals surface area contributed by atoms with Crippen molar-refractivity contribution in [3.05, 3.63) is 124 Å². The summed E-state index contributed by atoms with van der Waals surface area (Å²) in [5, 5.41) is 16.4. The molecular formula is C49H51N5O6. The molecule has 11 heteroatoms. The van der Waals surface area contributed by atoms with E-state index >= 15 is 0 Å². The van der Waals surface area contributed by atoms with E-state index in [2.05, 4.69) is 76.2 Å².